The van der Waals surface area contributed by atoms with Crippen molar-refractivity contribution in [2.24, 2.45) is 0 Å². The van der Waals surface area contributed by atoms with E-state index < -0.39 is 10.0 Å². The van der Waals surface area contributed by atoms with E-state index in [1.54, 1.807) is 36.4 Å². The molecule has 1 heterocycles. The molecule has 3 aromatic carbocycles. The Hall–Kier alpha value is -3.36. The highest BCUT2D eigenvalue weighted by Crippen LogP contribution is 2.25. The molecule has 0 unspecified atom stereocenters. The van der Waals surface area contributed by atoms with Crippen molar-refractivity contribution >= 4 is 44.3 Å². The number of imidazole rings is 1. The maximum absolute atomic E-state index is 13.1. The van der Waals surface area contributed by atoms with E-state index in [4.69, 9.17) is 11.6 Å². The van der Waals surface area contributed by atoms with Gasteiger partial charge in [-0.1, -0.05) is 35.9 Å². The molecule has 34 heavy (non-hydrogen) atoms. The molecular formula is C25H25ClN4O3S. The molecule has 1 N–H and O–H groups in total. The Morgan fingerprint density at radius 1 is 1.06 bits per heavy atom. The predicted octanol–water partition coefficient (Wildman–Crippen LogP) is 4.64. The summed E-state index contributed by atoms with van der Waals surface area (Å²) in [6.07, 6.45) is 0.711. The van der Waals surface area contributed by atoms with Crippen molar-refractivity contribution in [2.45, 2.75) is 24.8 Å². The zero-order chi connectivity index (χ0) is 24.3. The first-order valence-corrected chi connectivity index (χ1v) is 12.6. The predicted molar refractivity (Wildman–Crippen MR) is 135 cm³/mol. The van der Waals surface area contributed by atoms with Crippen molar-refractivity contribution in [1.82, 2.24) is 14.9 Å². The van der Waals surface area contributed by atoms with Gasteiger partial charge >= 0.3 is 0 Å². The van der Waals surface area contributed by atoms with E-state index in [2.05, 4.69) is 14.9 Å². The number of nitrogens with zero attached hydrogens (tertiary/aromatic N) is 3. The van der Waals surface area contributed by atoms with E-state index in [1.807, 2.05) is 31.2 Å². The normalized spacial score (nSPS) is 11.5. The van der Waals surface area contributed by atoms with Gasteiger partial charge in [-0.2, -0.15) is 0 Å². The third-order valence-corrected chi connectivity index (χ3v) is 7.63. The summed E-state index contributed by atoms with van der Waals surface area (Å²) in [6, 6.07) is 20.6. The van der Waals surface area contributed by atoms with Crippen LogP contribution in [0.1, 0.15) is 22.6 Å². The molecule has 9 heteroatoms. The Balaban J connectivity index is 1.41. The van der Waals surface area contributed by atoms with Crippen LogP contribution in [0.5, 0.6) is 0 Å². The molecule has 0 aliphatic heterocycles. The van der Waals surface area contributed by atoms with Gasteiger partial charge in [-0.05, 0) is 61.9 Å². The molecule has 0 spiro atoms. The van der Waals surface area contributed by atoms with Crippen molar-refractivity contribution in [3.05, 3.63) is 89.2 Å². The second kappa shape index (κ2) is 9.87. The number of nitrogens with one attached hydrogen (secondary N) is 1. The minimum Gasteiger partial charge on any atom is -0.352 e. The van der Waals surface area contributed by atoms with Gasteiger partial charge in [-0.3, -0.25) is 9.10 Å². The molecule has 0 bridgehead atoms. The first kappa shape index (κ1) is 23.8. The number of hydrogen-bond donors (Lipinski definition) is 1. The molecule has 0 saturated heterocycles. The van der Waals surface area contributed by atoms with Crippen LogP contribution < -0.4 is 9.62 Å². The lowest BCUT2D eigenvalue weighted by molar-refractivity contribution is 0.0952. The largest absolute Gasteiger partial charge is 0.352 e. The Morgan fingerprint density at radius 2 is 1.82 bits per heavy atom. The number of rotatable bonds is 8. The maximum Gasteiger partial charge on any atom is 0.264 e. The highest BCUT2D eigenvalue weighted by Gasteiger charge is 2.22. The summed E-state index contributed by atoms with van der Waals surface area (Å²) in [7, 11) is -2.41. The summed E-state index contributed by atoms with van der Waals surface area (Å²) in [5.74, 6) is 0.601. The number of carbonyl (C=O) groups is 1. The fourth-order valence-corrected chi connectivity index (χ4v) is 5.20. The summed E-state index contributed by atoms with van der Waals surface area (Å²) in [5.41, 5.74) is 2.73. The Morgan fingerprint density at radius 3 is 2.62 bits per heavy atom. The van der Waals surface area contributed by atoms with Gasteiger partial charge in [0.1, 0.15) is 5.82 Å². The van der Waals surface area contributed by atoms with E-state index in [-0.39, 0.29) is 16.4 Å². The van der Waals surface area contributed by atoms with E-state index in [9.17, 15) is 13.2 Å². The van der Waals surface area contributed by atoms with Crippen LogP contribution in [0.25, 0.3) is 11.0 Å². The Kier molecular flexibility index (Phi) is 6.90. The molecule has 4 rings (SSSR count). The smallest absolute Gasteiger partial charge is 0.264 e. The van der Waals surface area contributed by atoms with Crippen molar-refractivity contribution in [1.29, 1.82) is 0 Å². The molecule has 0 aliphatic carbocycles. The quantitative estimate of drug-likeness (QED) is 0.360. The molecule has 7 nitrogen and oxygen atoms in total. The average Bonchev–Trinajstić information content (AvgIpc) is 3.16. The minimum absolute atomic E-state index is 0.0307. The van der Waals surface area contributed by atoms with Gasteiger partial charge in [0.2, 0.25) is 0 Å². The van der Waals surface area contributed by atoms with Gasteiger partial charge in [-0.25, -0.2) is 13.4 Å². The first-order valence-electron chi connectivity index (χ1n) is 10.8. The van der Waals surface area contributed by atoms with E-state index in [1.165, 1.54) is 19.2 Å². The molecule has 1 amide bonds. The zero-order valence-corrected chi connectivity index (χ0v) is 20.5. The van der Waals surface area contributed by atoms with Crippen LogP contribution in [-0.2, 0) is 16.6 Å². The monoisotopic (exact) mass is 496 g/mol. The van der Waals surface area contributed by atoms with Gasteiger partial charge in [0.25, 0.3) is 15.9 Å². The standard InChI is InChI=1S/C25H25ClN4O3S/c1-18-28-23-12-3-4-13-24(23)30(18)15-7-14-27-25(31)19-8-5-11-22(16-19)34(32,33)29(2)21-10-6-9-20(26)17-21/h3-6,8-13,16-17H,7,14-15H2,1-2H3,(H,27,31). The number of aryl methyl sites for hydroxylation is 2. The number of sulfonamides is 1. The second-order valence-corrected chi connectivity index (χ2v) is 10.3. The molecule has 176 valence electrons. The van der Waals surface area contributed by atoms with Gasteiger partial charge in [0, 0.05) is 30.7 Å². The SMILES string of the molecule is Cc1nc2ccccc2n1CCCNC(=O)c1cccc(S(=O)(=O)N(C)c2cccc(Cl)c2)c1. The zero-order valence-electron chi connectivity index (χ0n) is 18.9. The molecule has 0 radical (unpaired) electrons. The van der Waals surface area contributed by atoms with Gasteiger partial charge in [-0.15, -0.1) is 0 Å². The van der Waals surface area contributed by atoms with Crippen molar-refractivity contribution in [2.75, 3.05) is 17.9 Å². The summed E-state index contributed by atoms with van der Waals surface area (Å²) >= 11 is 6.00. The van der Waals surface area contributed by atoms with Crippen LogP contribution in [-0.4, -0.2) is 37.5 Å². The van der Waals surface area contributed by atoms with Crippen LogP contribution in [0.4, 0.5) is 5.69 Å². The molecule has 0 atom stereocenters. The number of amides is 1. The molecule has 0 aliphatic rings. The highest BCUT2D eigenvalue weighted by molar-refractivity contribution is 7.92. The number of halogens is 1. The Bertz CT molecular complexity index is 1450. The van der Waals surface area contributed by atoms with Crippen LogP contribution in [0.15, 0.2) is 77.7 Å². The Labute approximate surface area is 204 Å². The molecular weight excluding hydrogens is 472 g/mol. The highest BCUT2D eigenvalue weighted by atomic mass is 35.5. The number of para-hydroxylation sites is 2. The van der Waals surface area contributed by atoms with Crippen LogP contribution in [0, 0.1) is 6.92 Å². The lowest BCUT2D eigenvalue weighted by Crippen LogP contribution is -2.28. The van der Waals surface area contributed by atoms with Crippen LogP contribution in [0.3, 0.4) is 0 Å². The van der Waals surface area contributed by atoms with Crippen LogP contribution >= 0.6 is 11.6 Å². The van der Waals surface area contributed by atoms with Crippen molar-refractivity contribution < 1.29 is 13.2 Å². The molecule has 4 aromatic rings. The summed E-state index contributed by atoms with van der Waals surface area (Å²) in [6.45, 7) is 3.13. The number of fused-ring (bicyclic) bond motifs is 1. The summed E-state index contributed by atoms with van der Waals surface area (Å²) in [5, 5.41) is 3.31. The number of aromatic nitrogens is 2. The summed E-state index contributed by atoms with van der Waals surface area (Å²) < 4.78 is 29.5. The number of hydrogen-bond acceptors (Lipinski definition) is 4. The number of carbonyl (C=O) groups excluding carboxylic acids is 1. The van der Waals surface area contributed by atoms with Gasteiger partial charge in [0.05, 0.1) is 21.6 Å². The molecule has 1 aromatic heterocycles. The lowest BCUT2D eigenvalue weighted by Gasteiger charge is -2.20. The minimum atomic E-state index is -3.86. The van der Waals surface area contributed by atoms with Crippen molar-refractivity contribution in [3.63, 3.8) is 0 Å². The van der Waals surface area contributed by atoms with E-state index >= 15 is 0 Å². The molecule has 0 fully saturated rings. The van der Waals surface area contributed by atoms with Gasteiger partial charge in [0.15, 0.2) is 0 Å². The maximum atomic E-state index is 13.1. The number of benzene rings is 3. The first-order chi connectivity index (χ1) is 16.3. The fourth-order valence-electron chi connectivity index (χ4n) is 3.79. The van der Waals surface area contributed by atoms with Gasteiger partial charge < -0.3 is 9.88 Å². The molecule has 0 saturated carbocycles. The lowest BCUT2D eigenvalue weighted by atomic mass is 10.2. The second-order valence-electron chi connectivity index (χ2n) is 7.89. The third kappa shape index (κ3) is 4.93. The fraction of sp³-hybridized carbons (Fsp3) is 0.200. The van der Waals surface area contributed by atoms with E-state index in [0.29, 0.717) is 30.2 Å². The van der Waals surface area contributed by atoms with E-state index in [0.717, 1.165) is 21.2 Å². The van der Waals surface area contributed by atoms with Crippen LogP contribution in [0.2, 0.25) is 5.02 Å². The number of anilines is 1. The topological polar surface area (TPSA) is 84.3 Å². The summed E-state index contributed by atoms with van der Waals surface area (Å²) in [4.78, 5) is 17.3. The third-order valence-electron chi connectivity index (χ3n) is 5.62. The van der Waals surface area contributed by atoms with Crippen molar-refractivity contribution in [3.8, 4) is 0 Å². The average molecular weight is 497 g/mol.